The third-order valence-corrected chi connectivity index (χ3v) is 5.37. The fraction of sp³-hybridized carbons (Fsp3) is 0.273. The summed E-state index contributed by atoms with van der Waals surface area (Å²) >= 11 is 0. The Labute approximate surface area is 169 Å². The van der Waals surface area contributed by atoms with Crippen molar-refractivity contribution in [3.63, 3.8) is 0 Å². The van der Waals surface area contributed by atoms with Gasteiger partial charge in [-0.1, -0.05) is 12.1 Å². The standard InChI is InChI=1S/C22H23N5O2/c1-15-3-5-18(11-16(15)2)27-9-7-19(22(27)29)21(28)25-13-17-4-6-20(24-12-17)26-10-8-23-14-26/h3-6,8,10-12,14,19H,7,9,13H2,1-2H3,(H,25,28). The molecule has 1 unspecified atom stereocenters. The van der Waals surface area contributed by atoms with Crippen LogP contribution in [0.5, 0.6) is 0 Å². The highest BCUT2D eigenvalue weighted by molar-refractivity contribution is 6.09. The number of aryl methyl sites for hydroxylation is 2. The van der Waals surface area contributed by atoms with Gasteiger partial charge in [-0.15, -0.1) is 0 Å². The molecule has 4 rings (SSSR count). The smallest absolute Gasteiger partial charge is 0.239 e. The van der Waals surface area contributed by atoms with E-state index in [1.807, 2.05) is 50.4 Å². The Morgan fingerprint density at radius 1 is 1.21 bits per heavy atom. The maximum Gasteiger partial charge on any atom is 0.239 e. The molecule has 148 valence electrons. The molecule has 1 aromatic carbocycles. The molecule has 0 saturated carbocycles. The summed E-state index contributed by atoms with van der Waals surface area (Å²) in [6.45, 7) is 4.96. The number of pyridine rings is 1. The van der Waals surface area contributed by atoms with Crippen molar-refractivity contribution < 1.29 is 9.59 Å². The highest BCUT2D eigenvalue weighted by atomic mass is 16.2. The fourth-order valence-corrected chi connectivity index (χ4v) is 3.45. The molecular weight excluding hydrogens is 366 g/mol. The topological polar surface area (TPSA) is 80.1 Å². The second-order valence-electron chi connectivity index (χ2n) is 7.31. The Balaban J connectivity index is 1.36. The van der Waals surface area contributed by atoms with Crippen LogP contribution in [0.2, 0.25) is 0 Å². The molecule has 2 amide bonds. The second kappa shape index (κ2) is 7.87. The minimum atomic E-state index is -0.644. The summed E-state index contributed by atoms with van der Waals surface area (Å²) in [5, 5.41) is 2.87. The van der Waals surface area contributed by atoms with E-state index >= 15 is 0 Å². The van der Waals surface area contributed by atoms with Crippen molar-refractivity contribution in [1.29, 1.82) is 0 Å². The molecule has 1 aliphatic heterocycles. The van der Waals surface area contributed by atoms with Crippen molar-refractivity contribution in [1.82, 2.24) is 19.9 Å². The van der Waals surface area contributed by atoms with Crippen LogP contribution in [0.25, 0.3) is 5.82 Å². The summed E-state index contributed by atoms with van der Waals surface area (Å²) < 4.78 is 1.81. The van der Waals surface area contributed by atoms with Crippen molar-refractivity contribution >= 4 is 17.5 Å². The van der Waals surface area contributed by atoms with Crippen LogP contribution < -0.4 is 10.2 Å². The summed E-state index contributed by atoms with van der Waals surface area (Å²) in [6, 6.07) is 9.71. The van der Waals surface area contributed by atoms with Crippen LogP contribution in [0.3, 0.4) is 0 Å². The van der Waals surface area contributed by atoms with E-state index in [9.17, 15) is 9.59 Å². The molecule has 0 spiro atoms. The van der Waals surface area contributed by atoms with Gasteiger partial charge in [0.25, 0.3) is 0 Å². The van der Waals surface area contributed by atoms with E-state index in [4.69, 9.17) is 0 Å². The van der Waals surface area contributed by atoms with Crippen LogP contribution >= 0.6 is 0 Å². The summed E-state index contributed by atoms with van der Waals surface area (Å²) in [7, 11) is 0. The quantitative estimate of drug-likeness (QED) is 0.680. The zero-order valence-electron chi connectivity index (χ0n) is 16.5. The molecule has 1 atom stereocenters. The van der Waals surface area contributed by atoms with Gasteiger partial charge in [-0.05, 0) is 55.2 Å². The van der Waals surface area contributed by atoms with E-state index in [0.29, 0.717) is 19.5 Å². The van der Waals surface area contributed by atoms with Crippen LogP contribution in [0.15, 0.2) is 55.2 Å². The van der Waals surface area contributed by atoms with Crippen LogP contribution in [0.4, 0.5) is 5.69 Å². The van der Waals surface area contributed by atoms with E-state index in [1.165, 1.54) is 5.56 Å². The number of hydrogen-bond acceptors (Lipinski definition) is 4. The Hall–Kier alpha value is -3.48. The number of imidazole rings is 1. The molecule has 1 N–H and O–H groups in total. The summed E-state index contributed by atoms with van der Waals surface area (Å²) in [5.41, 5.74) is 4.04. The van der Waals surface area contributed by atoms with Crippen molar-refractivity contribution in [3.8, 4) is 5.82 Å². The number of hydrogen-bond donors (Lipinski definition) is 1. The van der Waals surface area contributed by atoms with Gasteiger partial charge in [-0.3, -0.25) is 14.2 Å². The molecule has 7 nitrogen and oxygen atoms in total. The largest absolute Gasteiger partial charge is 0.351 e. The lowest BCUT2D eigenvalue weighted by atomic mass is 10.1. The number of nitrogens with zero attached hydrogens (tertiary/aromatic N) is 4. The Kier molecular flexibility index (Phi) is 5.12. The zero-order chi connectivity index (χ0) is 20.4. The van der Waals surface area contributed by atoms with Crippen molar-refractivity contribution in [2.24, 2.45) is 5.92 Å². The van der Waals surface area contributed by atoms with Gasteiger partial charge in [0.05, 0.1) is 0 Å². The summed E-state index contributed by atoms with van der Waals surface area (Å²) in [4.78, 5) is 35.4. The molecule has 0 radical (unpaired) electrons. The normalized spacial score (nSPS) is 16.3. The first kappa shape index (κ1) is 18.9. The minimum Gasteiger partial charge on any atom is -0.351 e. The zero-order valence-corrected chi connectivity index (χ0v) is 16.5. The van der Waals surface area contributed by atoms with Gasteiger partial charge >= 0.3 is 0 Å². The molecule has 1 fully saturated rings. The van der Waals surface area contributed by atoms with Gasteiger partial charge in [0.2, 0.25) is 11.8 Å². The summed E-state index contributed by atoms with van der Waals surface area (Å²) in [6.07, 6.45) is 7.42. The van der Waals surface area contributed by atoms with Crippen LogP contribution in [0, 0.1) is 19.8 Å². The number of carbonyl (C=O) groups is 2. The van der Waals surface area contributed by atoms with E-state index in [-0.39, 0.29) is 11.8 Å². The first-order valence-corrected chi connectivity index (χ1v) is 9.62. The number of benzene rings is 1. The molecule has 1 saturated heterocycles. The number of rotatable bonds is 5. The first-order chi connectivity index (χ1) is 14.0. The lowest BCUT2D eigenvalue weighted by Gasteiger charge is -2.18. The highest BCUT2D eigenvalue weighted by Gasteiger charge is 2.37. The van der Waals surface area contributed by atoms with Gasteiger partial charge in [0, 0.05) is 37.4 Å². The number of carbonyl (C=O) groups excluding carboxylic acids is 2. The molecule has 1 aliphatic rings. The molecule has 0 bridgehead atoms. The Morgan fingerprint density at radius 3 is 2.76 bits per heavy atom. The van der Waals surface area contributed by atoms with E-state index in [0.717, 1.165) is 22.6 Å². The number of amides is 2. The third kappa shape index (κ3) is 3.89. The highest BCUT2D eigenvalue weighted by Crippen LogP contribution is 2.27. The molecule has 0 aliphatic carbocycles. The lowest BCUT2D eigenvalue weighted by Crippen LogP contribution is -2.36. The van der Waals surface area contributed by atoms with Crippen LogP contribution in [-0.2, 0) is 16.1 Å². The van der Waals surface area contributed by atoms with Gasteiger partial charge in [-0.25, -0.2) is 9.97 Å². The fourth-order valence-electron chi connectivity index (χ4n) is 3.45. The van der Waals surface area contributed by atoms with E-state index in [1.54, 1.807) is 28.2 Å². The predicted octanol–water partition coefficient (Wildman–Crippen LogP) is 2.55. The average molecular weight is 389 g/mol. The van der Waals surface area contributed by atoms with Gasteiger partial charge in [0.15, 0.2) is 0 Å². The maximum atomic E-state index is 12.8. The van der Waals surface area contributed by atoms with Crippen molar-refractivity contribution in [2.75, 3.05) is 11.4 Å². The monoisotopic (exact) mass is 389 g/mol. The van der Waals surface area contributed by atoms with Gasteiger partial charge in [0.1, 0.15) is 18.1 Å². The molecular formula is C22H23N5O2. The molecule has 3 aromatic rings. The van der Waals surface area contributed by atoms with Crippen molar-refractivity contribution in [3.05, 3.63) is 71.9 Å². The number of nitrogens with one attached hydrogen (secondary N) is 1. The van der Waals surface area contributed by atoms with E-state index in [2.05, 4.69) is 15.3 Å². The Morgan fingerprint density at radius 2 is 2.07 bits per heavy atom. The Bertz CT molecular complexity index is 1030. The SMILES string of the molecule is Cc1ccc(N2CCC(C(=O)NCc3ccc(-n4ccnc4)nc3)C2=O)cc1C. The number of anilines is 1. The minimum absolute atomic E-state index is 0.140. The average Bonchev–Trinajstić information content (AvgIpc) is 3.39. The first-order valence-electron chi connectivity index (χ1n) is 9.62. The molecule has 3 heterocycles. The van der Waals surface area contributed by atoms with E-state index < -0.39 is 5.92 Å². The second-order valence-corrected chi connectivity index (χ2v) is 7.31. The lowest BCUT2D eigenvalue weighted by molar-refractivity contribution is -0.132. The van der Waals surface area contributed by atoms with Crippen LogP contribution in [0.1, 0.15) is 23.1 Å². The van der Waals surface area contributed by atoms with Crippen molar-refractivity contribution in [2.45, 2.75) is 26.8 Å². The van der Waals surface area contributed by atoms with Crippen LogP contribution in [-0.4, -0.2) is 32.9 Å². The molecule has 2 aromatic heterocycles. The molecule has 29 heavy (non-hydrogen) atoms. The maximum absolute atomic E-state index is 12.8. The number of aromatic nitrogens is 3. The summed E-state index contributed by atoms with van der Waals surface area (Å²) in [5.74, 6) is -0.262. The third-order valence-electron chi connectivity index (χ3n) is 5.37. The predicted molar refractivity (Wildman–Crippen MR) is 110 cm³/mol. The molecule has 7 heteroatoms. The van der Waals surface area contributed by atoms with Gasteiger partial charge < -0.3 is 10.2 Å². The van der Waals surface area contributed by atoms with Gasteiger partial charge in [-0.2, -0.15) is 0 Å².